The lowest BCUT2D eigenvalue weighted by molar-refractivity contribution is -0.134. The zero-order valence-electron chi connectivity index (χ0n) is 17.5. The normalized spacial score (nSPS) is 19.9. The maximum atomic E-state index is 12.8. The Kier molecular flexibility index (Phi) is 7.50. The number of amides is 2. The average Bonchev–Trinajstić information content (AvgIpc) is 3.27. The number of piperidine rings is 1. The summed E-state index contributed by atoms with van der Waals surface area (Å²) in [6.07, 6.45) is 9.12. The molecule has 0 spiro atoms. The van der Waals surface area contributed by atoms with E-state index in [1.165, 1.54) is 31.0 Å². The van der Waals surface area contributed by atoms with Gasteiger partial charge in [0.15, 0.2) is 5.16 Å². The van der Waals surface area contributed by atoms with Crippen molar-refractivity contribution >= 4 is 35.2 Å². The van der Waals surface area contributed by atoms with Gasteiger partial charge >= 0.3 is 0 Å². The van der Waals surface area contributed by atoms with E-state index < -0.39 is 0 Å². The van der Waals surface area contributed by atoms with Crippen molar-refractivity contribution in [1.29, 1.82) is 0 Å². The summed E-state index contributed by atoms with van der Waals surface area (Å²) >= 11 is 7.44. The molecule has 2 fully saturated rings. The van der Waals surface area contributed by atoms with Gasteiger partial charge in [-0.25, -0.2) is 0 Å². The van der Waals surface area contributed by atoms with Crippen molar-refractivity contribution < 1.29 is 9.59 Å². The van der Waals surface area contributed by atoms with Crippen LogP contribution in [-0.2, 0) is 9.59 Å². The number of likely N-dealkylation sites (tertiary alicyclic amines) is 1. The highest BCUT2D eigenvalue weighted by Gasteiger charge is 2.30. The molecule has 1 atom stereocenters. The second-order valence-electron chi connectivity index (χ2n) is 8.27. The van der Waals surface area contributed by atoms with Crippen LogP contribution in [0.15, 0.2) is 35.7 Å². The van der Waals surface area contributed by atoms with Crippen molar-refractivity contribution in [2.24, 2.45) is 5.92 Å². The molecule has 1 saturated carbocycles. The van der Waals surface area contributed by atoms with Crippen LogP contribution in [0.1, 0.15) is 44.9 Å². The van der Waals surface area contributed by atoms with Crippen LogP contribution in [0.5, 0.6) is 0 Å². The minimum absolute atomic E-state index is 0.0285. The molecule has 4 rings (SSSR count). The second kappa shape index (κ2) is 10.5. The second-order valence-corrected chi connectivity index (χ2v) is 9.65. The van der Waals surface area contributed by atoms with Crippen LogP contribution in [0.3, 0.4) is 0 Å². The summed E-state index contributed by atoms with van der Waals surface area (Å²) in [4.78, 5) is 27.4. The predicted molar refractivity (Wildman–Crippen MR) is 121 cm³/mol. The van der Waals surface area contributed by atoms with Crippen molar-refractivity contribution in [3.05, 3.63) is 35.6 Å². The third-order valence-electron chi connectivity index (χ3n) is 6.02. The van der Waals surface area contributed by atoms with Gasteiger partial charge in [0.2, 0.25) is 11.8 Å². The molecule has 0 radical (unpaired) electrons. The fraction of sp³-hybridized carbons (Fsp3) is 0.545. The quantitative estimate of drug-likeness (QED) is 0.663. The van der Waals surface area contributed by atoms with Crippen molar-refractivity contribution in [3.63, 3.8) is 0 Å². The molecular weight excluding hydrogens is 434 g/mol. The standard InChI is InChI=1S/C22H28ClN5O2S/c23-17-7-4-10-19(12-17)28-15-24-26-22(28)31-14-20(29)27-11-5-6-16(13-27)21(30)25-18-8-2-1-3-9-18/h4,7,10,12,15-16,18H,1-3,5-6,8-9,11,13-14H2,(H,25,30). The van der Waals surface area contributed by atoms with E-state index in [1.54, 1.807) is 6.33 Å². The molecule has 1 aliphatic heterocycles. The largest absolute Gasteiger partial charge is 0.353 e. The minimum atomic E-state index is -0.111. The molecule has 1 N–H and O–H groups in total. The Hall–Kier alpha value is -2.06. The van der Waals surface area contributed by atoms with Crippen LogP contribution in [0.2, 0.25) is 5.02 Å². The highest BCUT2D eigenvalue weighted by Crippen LogP contribution is 2.24. The Labute approximate surface area is 191 Å². The number of rotatable bonds is 6. The molecule has 1 aliphatic carbocycles. The lowest BCUT2D eigenvalue weighted by Gasteiger charge is -2.33. The van der Waals surface area contributed by atoms with Gasteiger partial charge in [0.25, 0.3) is 0 Å². The summed E-state index contributed by atoms with van der Waals surface area (Å²) in [5.74, 6) is 0.286. The first kappa shape index (κ1) is 22.1. The summed E-state index contributed by atoms with van der Waals surface area (Å²) in [6.45, 7) is 1.20. The van der Waals surface area contributed by atoms with Gasteiger partial charge in [-0.1, -0.05) is 48.7 Å². The predicted octanol–water partition coefficient (Wildman–Crippen LogP) is 3.70. The zero-order chi connectivity index (χ0) is 21.6. The van der Waals surface area contributed by atoms with E-state index in [1.807, 2.05) is 33.7 Å². The van der Waals surface area contributed by atoms with E-state index in [-0.39, 0.29) is 23.5 Å². The number of thioether (sulfide) groups is 1. The lowest BCUT2D eigenvalue weighted by atomic mass is 9.93. The van der Waals surface area contributed by atoms with Crippen molar-refractivity contribution in [2.75, 3.05) is 18.8 Å². The first-order valence-electron chi connectivity index (χ1n) is 11.0. The summed E-state index contributed by atoms with van der Waals surface area (Å²) < 4.78 is 1.82. The van der Waals surface area contributed by atoms with Crippen LogP contribution >= 0.6 is 23.4 Å². The first-order chi connectivity index (χ1) is 15.1. The molecule has 1 saturated heterocycles. The van der Waals surface area contributed by atoms with Crippen molar-refractivity contribution in [3.8, 4) is 5.69 Å². The van der Waals surface area contributed by atoms with Crippen LogP contribution in [0, 0.1) is 5.92 Å². The molecule has 2 heterocycles. The minimum Gasteiger partial charge on any atom is -0.353 e. The Bertz CT molecular complexity index is 915. The van der Waals surface area contributed by atoms with Gasteiger partial charge in [0, 0.05) is 24.2 Å². The van der Waals surface area contributed by atoms with Crippen molar-refractivity contribution in [2.45, 2.75) is 56.1 Å². The number of aromatic nitrogens is 3. The lowest BCUT2D eigenvalue weighted by Crippen LogP contribution is -2.48. The molecule has 1 aromatic carbocycles. The summed E-state index contributed by atoms with van der Waals surface area (Å²) in [6, 6.07) is 7.73. The van der Waals surface area contributed by atoms with Crippen LogP contribution in [0.4, 0.5) is 0 Å². The van der Waals surface area contributed by atoms with E-state index in [9.17, 15) is 9.59 Å². The molecule has 9 heteroatoms. The van der Waals surface area contributed by atoms with Gasteiger partial charge in [0.05, 0.1) is 17.4 Å². The summed E-state index contributed by atoms with van der Waals surface area (Å²) in [7, 11) is 0. The zero-order valence-corrected chi connectivity index (χ0v) is 19.1. The van der Waals surface area contributed by atoms with E-state index in [0.29, 0.717) is 29.3 Å². The molecule has 1 unspecified atom stereocenters. The van der Waals surface area contributed by atoms with Gasteiger partial charge in [-0.2, -0.15) is 0 Å². The van der Waals surface area contributed by atoms with E-state index in [2.05, 4.69) is 15.5 Å². The number of benzene rings is 1. The fourth-order valence-corrected chi connectivity index (χ4v) is 5.34. The molecule has 1 aromatic heterocycles. The maximum Gasteiger partial charge on any atom is 0.233 e. The number of nitrogens with zero attached hydrogens (tertiary/aromatic N) is 4. The van der Waals surface area contributed by atoms with Crippen LogP contribution in [-0.4, -0.2) is 56.4 Å². The third-order valence-corrected chi connectivity index (χ3v) is 7.19. The van der Waals surface area contributed by atoms with Crippen molar-refractivity contribution in [1.82, 2.24) is 25.0 Å². The number of carbonyl (C=O) groups excluding carboxylic acids is 2. The molecule has 7 nitrogen and oxygen atoms in total. The number of carbonyl (C=O) groups is 2. The van der Waals surface area contributed by atoms with Gasteiger partial charge in [-0.15, -0.1) is 10.2 Å². The molecule has 166 valence electrons. The Morgan fingerprint density at radius 3 is 2.81 bits per heavy atom. The Morgan fingerprint density at radius 2 is 2.00 bits per heavy atom. The van der Waals surface area contributed by atoms with Crippen LogP contribution in [0.25, 0.3) is 5.69 Å². The number of halogens is 1. The molecule has 0 bridgehead atoms. The Morgan fingerprint density at radius 1 is 1.16 bits per heavy atom. The van der Waals surface area contributed by atoms with E-state index in [0.717, 1.165) is 31.4 Å². The molecule has 2 aromatic rings. The Balaban J connectivity index is 1.31. The number of hydrogen-bond donors (Lipinski definition) is 1. The molecule has 31 heavy (non-hydrogen) atoms. The van der Waals surface area contributed by atoms with Gasteiger partial charge < -0.3 is 10.2 Å². The molecular formula is C22H28ClN5O2S. The smallest absolute Gasteiger partial charge is 0.233 e. The first-order valence-corrected chi connectivity index (χ1v) is 12.3. The van der Waals surface area contributed by atoms with Crippen LogP contribution < -0.4 is 5.32 Å². The van der Waals surface area contributed by atoms with E-state index >= 15 is 0 Å². The van der Waals surface area contributed by atoms with E-state index in [4.69, 9.17) is 11.6 Å². The van der Waals surface area contributed by atoms with Gasteiger partial charge in [-0.05, 0) is 43.9 Å². The summed E-state index contributed by atoms with van der Waals surface area (Å²) in [5, 5.41) is 12.6. The average molecular weight is 462 g/mol. The highest BCUT2D eigenvalue weighted by atomic mass is 35.5. The molecule has 2 amide bonds. The van der Waals surface area contributed by atoms with Gasteiger partial charge in [0.1, 0.15) is 6.33 Å². The molecule has 2 aliphatic rings. The topological polar surface area (TPSA) is 80.1 Å². The highest BCUT2D eigenvalue weighted by molar-refractivity contribution is 7.99. The number of nitrogens with one attached hydrogen (secondary N) is 1. The number of hydrogen-bond acceptors (Lipinski definition) is 5. The monoisotopic (exact) mass is 461 g/mol. The fourth-order valence-electron chi connectivity index (χ4n) is 4.33. The summed E-state index contributed by atoms with van der Waals surface area (Å²) in [5.41, 5.74) is 0.852. The maximum absolute atomic E-state index is 12.8. The SMILES string of the molecule is O=C(NC1CCCCC1)C1CCCN(C(=O)CSc2nncn2-c2cccc(Cl)c2)C1. The third kappa shape index (κ3) is 5.80. The van der Waals surface area contributed by atoms with Gasteiger partial charge in [-0.3, -0.25) is 14.2 Å².